The number of nitrogens with two attached hydrogens (primary N) is 1. The van der Waals surface area contributed by atoms with Crippen molar-refractivity contribution >= 4 is 5.91 Å². The summed E-state index contributed by atoms with van der Waals surface area (Å²) in [6, 6.07) is 7.28. The number of hydrogen-bond donors (Lipinski definition) is 1. The Morgan fingerprint density at radius 1 is 1.47 bits per heavy atom. The van der Waals surface area contributed by atoms with Gasteiger partial charge in [-0.1, -0.05) is 16.8 Å². The minimum Gasteiger partial charge on any atom is -0.365 e. The molecule has 1 heterocycles. The molecule has 1 aromatic carbocycles. The van der Waals surface area contributed by atoms with Gasteiger partial charge in [0.1, 0.15) is 0 Å². The fourth-order valence-electron chi connectivity index (χ4n) is 1.61. The molecule has 0 fully saturated rings. The van der Waals surface area contributed by atoms with Crippen molar-refractivity contribution in [3.63, 3.8) is 0 Å². The molecule has 0 aliphatic rings. The van der Waals surface area contributed by atoms with Crippen molar-refractivity contribution in [2.24, 2.45) is 5.73 Å². The van der Waals surface area contributed by atoms with Crippen molar-refractivity contribution in [1.82, 2.24) is 9.94 Å². The Labute approximate surface area is 110 Å². The monoisotopic (exact) mass is 255 g/mol. The number of aryl methyl sites for hydroxylation is 1. The zero-order valence-corrected chi connectivity index (χ0v) is 10.7. The summed E-state index contributed by atoms with van der Waals surface area (Å²) >= 11 is 0. The van der Waals surface area contributed by atoms with Gasteiger partial charge < -0.3 is 10.6 Å². The van der Waals surface area contributed by atoms with Crippen LogP contribution in [0, 0.1) is 18.8 Å². The fourth-order valence-corrected chi connectivity index (χ4v) is 1.61. The molecule has 2 rings (SSSR count). The molecule has 0 unspecified atom stereocenters. The molecule has 1 amide bonds. The zero-order valence-electron chi connectivity index (χ0n) is 10.7. The quantitative estimate of drug-likeness (QED) is 0.845. The second-order valence-corrected chi connectivity index (χ2v) is 3.89. The molecule has 5 heteroatoms. The molecule has 5 nitrogen and oxygen atoms in total. The van der Waals surface area contributed by atoms with E-state index in [1.54, 1.807) is 26.0 Å². The summed E-state index contributed by atoms with van der Waals surface area (Å²) in [5.74, 6) is 5.80. The van der Waals surface area contributed by atoms with Crippen LogP contribution >= 0.6 is 0 Å². The van der Waals surface area contributed by atoms with Gasteiger partial charge in [-0.15, -0.1) is 11.0 Å². The first-order chi connectivity index (χ1) is 9.10. The van der Waals surface area contributed by atoms with Crippen LogP contribution in [-0.2, 0) is 0 Å². The number of amides is 1. The van der Waals surface area contributed by atoms with Crippen LogP contribution in [0.25, 0.3) is 0 Å². The normalized spacial score (nSPS) is 9.58. The summed E-state index contributed by atoms with van der Waals surface area (Å²) < 4.78 is 0. The van der Waals surface area contributed by atoms with Gasteiger partial charge >= 0.3 is 0 Å². The summed E-state index contributed by atoms with van der Waals surface area (Å²) in [5.41, 5.74) is 6.93. The predicted octanol–water partition coefficient (Wildman–Crippen LogP) is 1.50. The van der Waals surface area contributed by atoms with Crippen LogP contribution in [0.5, 0.6) is 5.75 Å². The lowest BCUT2D eigenvalue weighted by Gasteiger charge is -2.04. The third kappa shape index (κ3) is 2.93. The molecule has 19 heavy (non-hydrogen) atoms. The standard InChI is InChI=1S/C14H13N3O2/c1-3-5-11-6-4-7-12(8-11)19-17-9-13(14(15)18)10(2)16-17/h4,6-9H,1-2H3,(H2,15,18). The van der Waals surface area contributed by atoms with Crippen LogP contribution in [0.1, 0.15) is 28.5 Å². The minimum atomic E-state index is -0.530. The Morgan fingerprint density at radius 2 is 2.26 bits per heavy atom. The number of benzene rings is 1. The predicted molar refractivity (Wildman–Crippen MR) is 70.5 cm³/mol. The molecule has 0 atom stereocenters. The maximum Gasteiger partial charge on any atom is 0.252 e. The lowest BCUT2D eigenvalue weighted by Crippen LogP contribution is -2.11. The van der Waals surface area contributed by atoms with Crippen LogP contribution in [0.3, 0.4) is 0 Å². The van der Waals surface area contributed by atoms with Crippen LogP contribution in [0.4, 0.5) is 0 Å². The first-order valence-corrected chi connectivity index (χ1v) is 5.67. The molecule has 0 saturated carbocycles. The smallest absolute Gasteiger partial charge is 0.252 e. The average molecular weight is 255 g/mol. The number of nitrogens with zero attached hydrogens (tertiary/aromatic N) is 2. The average Bonchev–Trinajstić information content (AvgIpc) is 2.71. The summed E-state index contributed by atoms with van der Waals surface area (Å²) in [6.07, 6.45) is 1.45. The third-order valence-corrected chi connectivity index (χ3v) is 2.45. The molecule has 1 aromatic heterocycles. The van der Waals surface area contributed by atoms with E-state index >= 15 is 0 Å². The van der Waals surface area contributed by atoms with Gasteiger partial charge in [0.2, 0.25) is 0 Å². The van der Waals surface area contributed by atoms with Crippen LogP contribution in [0.2, 0.25) is 0 Å². The number of aromatic nitrogens is 2. The molecule has 2 N–H and O–H groups in total. The highest BCUT2D eigenvalue weighted by atomic mass is 16.7. The molecule has 2 aromatic rings. The summed E-state index contributed by atoms with van der Waals surface area (Å²) in [6.45, 7) is 3.46. The van der Waals surface area contributed by atoms with E-state index in [1.807, 2.05) is 12.1 Å². The van der Waals surface area contributed by atoms with E-state index in [0.29, 0.717) is 17.0 Å². The van der Waals surface area contributed by atoms with Gasteiger partial charge in [0.05, 0.1) is 17.5 Å². The Morgan fingerprint density at radius 3 is 2.89 bits per heavy atom. The fraction of sp³-hybridized carbons (Fsp3) is 0.143. The van der Waals surface area contributed by atoms with E-state index < -0.39 is 5.91 Å². The van der Waals surface area contributed by atoms with Crippen molar-refractivity contribution in [3.8, 4) is 17.6 Å². The Bertz CT molecular complexity index is 677. The molecular weight excluding hydrogens is 242 g/mol. The number of rotatable bonds is 3. The maximum absolute atomic E-state index is 11.1. The van der Waals surface area contributed by atoms with Gasteiger partial charge in [0.15, 0.2) is 5.75 Å². The maximum atomic E-state index is 11.1. The molecule has 0 aliphatic heterocycles. The molecule has 0 radical (unpaired) electrons. The third-order valence-electron chi connectivity index (χ3n) is 2.45. The lowest BCUT2D eigenvalue weighted by atomic mass is 10.2. The SMILES string of the molecule is CC#Cc1cccc(On2cc(C(N)=O)c(C)n2)c1. The van der Waals surface area contributed by atoms with E-state index in [-0.39, 0.29) is 0 Å². The van der Waals surface area contributed by atoms with Crippen LogP contribution < -0.4 is 10.6 Å². The lowest BCUT2D eigenvalue weighted by molar-refractivity contribution is 0.0998. The van der Waals surface area contributed by atoms with Crippen molar-refractivity contribution in [1.29, 1.82) is 0 Å². The van der Waals surface area contributed by atoms with Gasteiger partial charge in [0.25, 0.3) is 5.91 Å². The van der Waals surface area contributed by atoms with Crippen molar-refractivity contribution in [3.05, 3.63) is 47.3 Å². The van der Waals surface area contributed by atoms with Gasteiger partial charge in [-0.05, 0) is 32.0 Å². The highest BCUT2D eigenvalue weighted by Crippen LogP contribution is 2.14. The summed E-state index contributed by atoms with van der Waals surface area (Å²) in [7, 11) is 0. The molecular formula is C14H13N3O2. The zero-order chi connectivity index (χ0) is 13.8. The second-order valence-electron chi connectivity index (χ2n) is 3.89. The molecule has 0 spiro atoms. The van der Waals surface area contributed by atoms with Crippen LogP contribution in [0.15, 0.2) is 30.5 Å². The Hall–Kier alpha value is -2.74. The molecule has 0 bridgehead atoms. The van der Waals surface area contributed by atoms with E-state index in [0.717, 1.165) is 5.56 Å². The van der Waals surface area contributed by atoms with E-state index in [1.165, 1.54) is 11.0 Å². The number of primary amides is 1. The van der Waals surface area contributed by atoms with Gasteiger partial charge in [-0.3, -0.25) is 4.79 Å². The Kier molecular flexibility index (Phi) is 3.53. The minimum absolute atomic E-state index is 0.338. The number of hydrogen-bond acceptors (Lipinski definition) is 3. The second kappa shape index (κ2) is 5.27. The van der Waals surface area contributed by atoms with E-state index in [2.05, 4.69) is 16.9 Å². The van der Waals surface area contributed by atoms with Crippen molar-refractivity contribution in [2.45, 2.75) is 13.8 Å². The first-order valence-electron chi connectivity index (χ1n) is 5.67. The molecule has 0 saturated heterocycles. The highest BCUT2D eigenvalue weighted by molar-refractivity contribution is 5.93. The highest BCUT2D eigenvalue weighted by Gasteiger charge is 2.10. The van der Waals surface area contributed by atoms with Gasteiger partial charge in [0, 0.05) is 5.56 Å². The van der Waals surface area contributed by atoms with Crippen LogP contribution in [-0.4, -0.2) is 15.9 Å². The molecule has 96 valence electrons. The topological polar surface area (TPSA) is 70.1 Å². The van der Waals surface area contributed by atoms with Crippen molar-refractivity contribution < 1.29 is 9.63 Å². The van der Waals surface area contributed by atoms with E-state index in [9.17, 15) is 4.79 Å². The number of carbonyl (C=O) groups excluding carboxylic acids is 1. The van der Waals surface area contributed by atoms with Crippen molar-refractivity contribution in [2.75, 3.05) is 0 Å². The largest absolute Gasteiger partial charge is 0.365 e. The molecule has 0 aliphatic carbocycles. The summed E-state index contributed by atoms with van der Waals surface area (Å²) in [5, 5.41) is 4.06. The first kappa shape index (κ1) is 12.7. The summed E-state index contributed by atoms with van der Waals surface area (Å²) in [4.78, 5) is 17.8. The van der Waals surface area contributed by atoms with Gasteiger partial charge in [-0.25, -0.2) is 0 Å². The number of carbonyl (C=O) groups is 1. The van der Waals surface area contributed by atoms with Gasteiger partial charge in [-0.2, -0.15) is 0 Å². The Balaban J connectivity index is 2.25. The van der Waals surface area contributed by atoms with E-state index in [4.69, 9.17) is 10.6 Å².